The van der Waals surface area contributed by atoms with E-state index in [2.05, 4.69) is 37.6 Å². The summed E-state index contributed by atoms with van der Waals surface area (Å²) < 4.78 is 10.3. The third kappa shape index (κ3) is 4.90. The zero-order chi connectivity index (χ0) is 16.0. The molecular formula is C15H25N3O3. The average Bonchev–Trinajstić information content (AvgIpc) is 2.42. The van der Waals surface area contributed by atoms with Crippen molar-refractivity contribution in [2.75, 3.05) is 26.0 Å². The minimum Gasteiger partial charge on any atom is -0.476 e. The Morgan fingerprint density at radius 3 is 2.48 bits per heavy atom. The molecule has 0 radical (unpaired) electrons. The van der Waals surface area contributed by atoms with Gasteiger partial charge in [-0.05, 0) is 33.8 Å². The van der Waals surface area contributed by atoms with Crippen molar-refractivity contribution in [3.8, 4) is 5.88 Å². The molecule has 0 spiro atoms. The van der Waals surface area contributed by atoms with E-state index in [1.54, 1.807) is 0 Å². The second-order valence-corrected chi connectivity index (χ2v) is 5.39. The van der Waals surface area contributed by atoms with Gasteiger partial charge >= 0.3 is 5.97 Å². The van der Waals surface area contributed by atoms with Gasteiger partial charge in [0, 0.05) is 18.6 Å². The third-order valence-corrected chi connectivity index (χ3v) is 3.19. The SMILES string of the molecule is COC(=O)c1cc(N)cnc1OCCN(C(C)C)C(C)C. The molecular weight excluding hydrogens is 270 g/mol. The summed E-state index contributed by atoms with van der Waals surface area (Å²) in [6.45, 7) is 9.75. The van der Waals surface area contributed by atoms with Gasteiger partial charge in [0.1, 0.15) is 12.2 Å². The number of esters is 1. The van der Waals surface area contributed by atoms with Gasteiger partial charge in [-0.1, -0.05) is 0 Å². The zero-order valence-electron chi connectivity index (χ0n) is 13.4. The van der Waals surface area contributed by atoms with Gasteiger partial charge in [-0.3, -0.25) is 4.90 Å². The summed E-state index contributed by atoms with van der Waals surface area (Å²) in [5, 5.41) is 0. The lowest BCUT2D eigenvalue weighted by atomic mass is 10.2. The summed E-state index contributed by atoms with van der Waals surface area (Å²) in [5.41, 5.74) is 6.29. The number of methoxy groups -OCH3 is 1. The van der Waals surface area contributed by atoms with Crippen LogP contribution in [0, 0.1) is 0 Å². The average molecular weight is 295 g/mol. The highest BCUT2D eigenvalue weighted by molar-refractivity contribution is 5.92. The number of carbonyl (C=O) groups is 1. The molecule has 0 saturated carbocycles. The minimum atomic E-state index is -0.505. The Hall–Kier alpha value is -1.82. The van der Waals surface area contributed by atoms with Gasteiger partial charge in [0.05, 0.1) is 19.0 Å². The third-order valence-electron chi connectivity index (χ3n) is 3.19. The normalized spacial score (nSPS) is 11.2. The Balaban J connectivity index is 2.73. The molecule has 0 amide bonds. The van der Waals surface area contributed by atoms with Crippen LogP contribution >= 0.6 is 0 Å². The predicted molar refractivity (Wildman–Crippen MR) is 82.5 cm³/mol. The van der Waals surface area contributed by atoms with E-state index in [4.69, 9.17) is 15.2 Å². The topological polar surface area (TPSA) is 77.7 Å². The maximum atomic E-state index is 11.7. The van der Waals surface area contributed by atoms with Gasteiger partial charge in [-0.15, -0.1) is 0 Å². The molecule has 6 nitrogen and oxygen atoms in total. The summed E-state index contributed by atoms with van der Waals surface area (Å²) in [6.07, 6.45) is 1.46. The van der Waals surface area contributed by atoms with Crippen LogP contribution < -0.4 is 10.5 Å². The number of nitrogen functional groups attached to an aromatic ring is 1. The lowest BCUT2D eigenvalue weighted by Crippen LogP contribution is -2.39. The van der Waals surface area contributed by atoms with E-state index in [1.807, 2.05) is 0 Å². The molecule has 1 rings (SSSR count). The Morgan fingerprint density at radius 2 is 1.95 bits per heavy atom. The second kappa shape index (κ2) is 7.83. The Morgan fingerprint density at radius 1 is 1.33 bits per heavy atom. The van der Waals surface area contributed by atoms with E-state index in [0.717, 1.165) is 6.54 Å². The molecule has 0 atom stereocenters. The van der Waals surface area contributed by atoms with E-state index < -0.39 is 5.97 Å². The van der Waals surface area contributed by atoms with Gasteiger partial charge in [0.25, 0.3) is 0 Å². The highest BCUT2D eigenvalue weighted by atomic mass is 16.5. The van der Waals surface area contributed by atoms with Crippen molar-refractivity contribution in [1.29, 1.82) is 0 Å². The highest BCUT2D eigenvalue weighted by Gasteiger charge is 2.17. The van der Waals surface area contributed by atoms with Crippen LogP contribution in [0.2, 0.25) is 0 Å². The number of nitrogens with zero attached hydrogens (tertiary/aromatic N) is 2. The molecule has 0 bridgehead atoms. The summed E-state index contributed by atoms with van der Waals surface area (Å²) in [7, 11) is 1.31. The first kappa shape index (κ1) is 17.2. The molecule has 0 saturated heterocycles. The number of rotatable bonds is 7. The van der Waals surface area contributed by atoms with Crippen molar-refractivity contribution in [2.45, 2.75) is 39.8 Å². The number of hydrogen-bond acceptors (Lipinski definition) is 6. The van der Waals surface area contributed by atoms with Crippen molar-refractivity contribution in [3.05, 3.63) is 17.8 Å². The lowest BCUT2D eigenvalue weighted by Gasteiger charge is -2.30. The van der Waals surface area contributed by atoms with E-state index in [0.29, 0.717) is 24.4 Å². The first-order valence-electron chi connectivity index (χ1n) is 7.09. The number of carbonyl (C=O) groups excluding carboxylic acids is 1. The fourth-order valence-corrected chi connectivity index (χ4v) is 2.20. The van der Waals surface area contributed by atoms with E-state index in [-0.39, 0.29) is 11.4 Å². The van der Waals surface area contributed by atoms with Crippen molar-refractivity contribution in [1.82, 2.24) is 9.88 Å². The molecule has 0 aliphatic heterocycles. The number of anilines is 1. The monoisotopic (exact) mass is 295 g/mol. The number of nitrogens with two attached hydrogens (primary N) is 1. The predicted octanol–water partition coefficient (Wildman–Crippen LogP) is 1.95. The quantitative estimate of drug-likeness (QED) is 0.775. The Labute approximate surface area is 126 Å². The highest BCUT2D eigenvalue weighted by Crippen LogP contribution is 2.19. The van der Waals surface area contributed by atoms with Crippen LogP contribution in [0.3, 0.4) is 0 Å². The maximum Gasteiger partial charge on any atom is 0.343 e. The molecule has 0 unspecified atom stereocenters. The second-order valence-electron chi connectivity index (χ2n) is 5.39. The molecule has 0 fully saturated rings. The Bertz CT molecular complexity index is 467. The van der Waals surface area contributed by atoms with Crippen LogP contribution in [0.25, 0.3) is 0 Å². The molecule has 0 aliphatic rings. The number of ether oxygens (including phenoxy) is 2. The summed E-state index contributed by atoms with van der Waals surface area (Å²) in [6, 6.07) is 2.36. The largest absolute Gasteiger partial charge is 0.476 e. The van der Waals surface area contributed by atoms with Crippen molar-refractivity contribution in [3.63, 3.8) is 0 Å². The molecule has 0 aromatic carbocycles. The first-order valence-corrected chi connectivity index (χ1v) is 7.09. The van der Waals surface area contributed by atoms with Gasteiger partial charge in [-0.25, -0.2) is 9.78 Å². The molecule has 21 heavy (non-hydrogen) atoms. The van der Waals surface area contributed by atoms with E-state index in [1.165, 1.54) is 19.4 Å². The summed E-state index contributed by atoms with van der Waals surface area (Å²) in [5.74, 6) is -0.252. The molecule has 1 aromatic rings. The number of pyridine rings is 1. The van der Waals surface area contributed by atoms with Crippen LogP contribution in [0.5, 0.6) is 5.88 Å². The fourth-order valence-electron chi connectivity index (χ4n) is 2.20. The molecule has 2 N–H and O–H groups in total. The van der Waals surface area contributed by atoms with Crippen LogP contribution in [-0.4, -0.2) is 48.2 Å². The summed E-state index contributed by atoms with van der Waals surface area (Å²) in [4.78, 5) is 18.1. The standard InChI is InChI=1S/C15H25N3O3/c1-10(2)18(11(3)4)6-7-21-14-13(15(19)20-5)8-12(16)9-17-14/h8-11H,6-7,16H2,1-5H3. The van der Waals surface area contributed by atoms with Crippen LogP contribution in [0.15, 0.2) is 12.3 Å². The molecule has 6 heteroatoms. The molecule has 0 aliphatic carbocycles. The molecule has 118 valence electrons. The number of hydrogen-bond donors (Lipinski definition) is 1. The first-order chi connectivity index (χ1) is 9.86. The Kier molecular flexibility index (Phi) is 6.42. The van der Waals surface area contributed by atoms with Gasteiger partial charge in [-0.2, -0.15) is 0 Å². The van der Waals surface area contributed by atoms with Gasteiger partial charge in [0.15, 0.2) is 0 Å². The number of aromatic nitrogens is 1. The summed E-state index contributed by atoms with van der Waals surface area (Å²) >= 11 is 0. The van der Waals surface area contributed by atoms with Crippen molar-refractivity contribution in [2.24, 2.45) is 0 Å². The molecule has 1 aromatic heterocycles. The van der Waals surface area contributed by atoms with Crippen LogP contribution in [0.4, 0.5) is 5.69 Å². The van der Waals surface area contributed by atoms with Crippen molar-refractivity contribution >= 4 is 11.7 Å². The van der Waals surface area contributed by atoms with E-state index >= 15 is 0 Å². The van der Waals surface area contributed by atoms with E-state index in [9.17, 15) is 4.79 Å². The van der Waals surface area contributed by atoms with Crippen molar-refractivity contribution < 1.29 is 14.3 Å². The minimum absolute atomic E-state index is 0.248. The van der Waals surface area contributed by atoms with Crippen LogP contribution in [0.1, 0.15) is 38.1 Å². The zero-order valence-corrected chi connectivity index (χ0v) is 13.4. The van der Waals surface area contributed by atoms with Gasteiger partial charge in [0.2, 0.25) is 5.88 Å². The fraction of sp³-hybridized carbons (Fsp3) is 0.600. The van der Waals surface area contributed by atoms with Crippen LogP contribution in [-0.2, 0) is 4.74 Å². The smallest absolute Gasteiger partial charge is 0.343 e. The maximum absolute atomic E-state index is 11.7. The van der Waals surface area contributed by atoms with Gasteiger partial charge < -0.3 is 15.2 Å². The molecule has 1 heterocycles. The lowest BCUT2D eigenvalue weighted by molar-refractivity contribution is 0.0593.